The number of fused-ring (bicyclic) bond motifs is 1. The highest BCUT2D eigenvalue weighted by Gasteiger charge is 2.27. The highest BCUT2D eigenvalue weighted by atomic mass is 16.2. The van der Waals surface area contributed by atoms with E-state index in [2.05, 4.69) is 32.2 Å². The van der Waals surface area contributed by atoms with Gasteiger partial charge in [-0.1, -0.05) is 6.58 Å². The van der Waals surface area contributed by atoms with E-state index in [0.717, 1.165) is 17.3 Å². The number of rotatable bonds is 5. The molecule has 8 heteroatoms. The van der Waals surface area contributed by atoms with Crippen molar-refractivity contribution in [1.82, 2.24) is 19.9 Å². The minimum Gasteiger partial charge on any atom is -0.350 e. The third kappa shape index (κ3) is 4.21. The minimum absolute atomic E-state index is 0.0421. The third-order valence-electron chi connectivity index (χ3n) is 4.78. The number of benzene rings is 1. The molecule has 3 aromatic rings. The molecule has 1 fully saturated rings. The maximum absolute atomic E-state index is 12.8. The Balaban J connectivity index is 1.37. The Morgan fingerprint density at radius 3 is 2.79 bits per heavy atom. The van der Waals surface area contributed by atoms with Gasteiger partial charge in [0.15, 0.2) is 0 Å². The summed E-state index contributed by atoms with van der Waals surface area (Å²) in [5.41, 5.74) is 1.98. The van der Waals surface area contributed by atoms with Gasteiger partial charge in [-0.3, -0.25) is 14.6 Å². The number of nitrogens with one attached hydrogen (secondary N) is 2. The molecule has 0 spiro atoms. The summed E-state index contributed by atoms with van der Waals surface area (Å²) in [6.45, 7) is 4.64. The first-order valence-electron chi connectivity index (χ1n) is 9.28. The van der Waals surface area contributed by atoms with Crippen LogP contribution in [0.15, 0.2) is 61.6 Å². The quantitative estimate of drug-likeness (QED) is 0.652. The molecule has 1 aliphatic rings. The highest BCUT2D eigenvalue weighted by molar-refractivity contribution is 5.99. The first-order valence-corrected chi connectivity index (χ1v) is 9.28. The normalized spacial score (nSPS) is 15.9. The highest BCUT2D eigenvalue weighted by Crippen LogP contribution is 2.19. The summed E-state index contributed by atoms with van der Waals surface area (Å²) in [6, 6.07) is 8.78. The third-order valence-corrected chi connectivity index (χ3v) is 4.78. The van der Waals surface area contributed by atoms with Crippen molar-refractivity contribution in [2.45, 2.75) is 12.5 Å². The number of carbonyl (C=O) groups is 2. The first kappa shape index (κ1) is 18.5. The number of pyridine rings is 1. The van der Waals surface area contributed by atoms with E-state index < -0.39 is 0 Å². The summed E-state index contributed by atoms with van der Waals surface area (Å²) < 4.78 is 0. The molecule has 146 valence electrons. The van der Waals surface area contributed by atoms with Crippen LogP contribution in [0.4, 0.5) is 11.6 Å². The van der Waals surface area contributed by atoms with Crippen molar-refractivity contribution in [2.24, 2.45) is 0 Å². The molecule has 1 aromatic carbocycles. The molecule has 0 radical (unpaired) electrons. The van der Waals surface area contributed by atoms with Crippen LogP contribution >= 0.6 is 0 Å². The Labute approximate surface area is 167 Å². The van der Waals surface area contributed by atoms with E-state index in [1.165, 1.54) is 6.08 Å². The van der Waals surface area contributed by atoms with Gasteiger partial charge in [0.05, 0.1) is 11.7 Å². The Morgan fingerprint density at radius 1 is 1.17 bits per heavy atom. The Hall–Kier alpha value is -3.81. The van der Waals surface area contributed by atoms with Crippen LogP contribution in [0.25, 0.3) is 10.9 Å². The maximum Gasteiger partial charge on any atom is 0.253 e. The number of amides is 2. The Bertz CT molecular complexity index is 1070. The second-order valence-corrected chi connectivity index (χ2v) is 6.78. The molecule has 0 bridgehead atoms. The van der Waals surface area contributed by atoms with Gasteiger partial charge in [0, 0.05) is 48.2 Å². The fourth-order valence-electron chi connectivity index (χ4n) is 3.26. The number of hydrogen-bond donors (Lipinski definition) is 2. The van der Waals surface area contributed by atoms with Crippen LogP contribution in [0, 0.1) is 0 Å². The summed E-state index contributed by atoms with van der Waals surface area (Å²) in [4.78, 5) is 38.8. The average molecular weight is 388 g/mol. The first-order chi connectivity index (χ1) is 14.1. The van der Waals surface area contributed by atoms with E-state index in [4.69, 9.17) is 0 Å². The lowest BCUT2D eigenvalue weighted by Crippen LogP contribution is -2.31. The smallest absolute Gasteiger partial charge is 0.253 e. The largest absolute Gasteiger partial charge is 0.350 e. The van der Waals surface area contributed by atoms with Crippen molar-refractivity contribution in [2.75, 3.05) is 23.7 Å². The van der Waals surface area contributed by atoms with Gasteiger partial charge in [-0.2, -0.15) is 0 Å². The SMILES string of the molecule is C=CC(=O)Nc1ccc(C(=O)N2CC[C@H](Nc3ncc4ccncc4n3)C2)cc1. The number of anilines is 2. The van der Waals surface area contributed by atoms with Gasteiger partial charge < -0.3 is 15.5 Å². The predicted molar refractivity (Wildman–Crippen MR) is 111 cm³/mol. The van der Waals surface area contributed by atoms with Crippen LogP contribution < -0.4 is 10.6 Å². The molecule has 1 aliphatic heterocycles. The molecule has 2 aromatic heterocycles. The lowest BCUT2D eigenvalue weighted by molar-refractivity contribution is -0.111. The van der Waals surface area contributed by atoms with Gasteiger partial charge in [0.2, 0.25) is 11.9 Å². The van der Waals surface area contributed by atoms with Gasteiger partial charge >= 0.3 is 0 Å². The van der Waals surface area contributed by atoms with Gasteiger partial charge in [-0.25, -0.2) is 9.97 Å². The van der Waals surface area contributed by atoms with Gasteiger partial charge in [0.1, 0.15) is 0 Å². The minimum atomic E-state index is -0.288. The molecule has 1 atom stereocenters. The van der Waals surface area contributed by atoms with Crippen LogP contribution in [0.5, 0.6) is 0 Å². The van der Waals surface area contributed by atoms with Crippen molar-refractivity contribution < 1.29 is 9.59 Å². The summed E-state index contributed by atoms with van der Waals surface area (Å²) in [5.74, 6) is 0.205. The molecule has 0 unspecified atom stereocenters. The van der Waals surface area contributed by atoms with Crippen LogP contribution in [-0.4, -0.2) is 50.8 Å². The van der Waals surface area contributed by atoms with E-state index in [9.17, 15) is 9.59 Å². The Kier molecular flexibility index (Phi) is 5.15. The van der Waals surface area contributed by atoms with Gasteiger partial charge in [0.25, 0.3) is 5.91 Å². The van der Waals surface area contributed by atoms with Gasteiger partial charge in [-0.05, 0) is 42.8 Å². The van der Waals surface area contributed by atoms with Crippen molar-refractivity contribution in [3.8, 4) is 0 Å². The number of carbonyl (C=O) groups excluding carboxylic acids is 2. The van der Waals surface area contributed by atoms with Crippen molar-refractivity contribution in [3.05, 3.63) is 67.1 Å². The van der Waals surface area contributed by atoms with Crippen LogP contribution in [0.1, 0.15) is 16.8 Å². The van der Waals surface area contributed by atoms with Crippen LogP contribution in [0.2, 0.25) is 0 Å². The topological polar surface area (TPSA) is 100 Å². The summed E-state index contributed by atoms with van der Waals surface area (Å²) in [5, 5.41) is 6.90. The van der Waals surface area contributed by atoms with Crippen LogP contribution in [-0.2, 0) is 4.79 Å². The molecule has 1 saturated heterocycles. The molecule has 4 rings (SSSR count). The number of nitrogens with zero attached hydrogens (tertiary/aromatic N) is 4. The molecule has 2 amide bonds. The zero-order chi connectivity index (χ0) is 20.2. The lowest BCUT2D eigenvalue weighted by Gasteiger charge is -2.17. The number of hydrogen-bond acceptors (Lipinski definition) is 6. The van der Waals surface area contributed by atoms with E-state index in [-0.39, 0.29) is 17.9 Å². The lowest BCUT2D eigenvalue weighted by atomic mass is 10.2. The molecule has 3 heterocycles. The summed E-state index contributed by atoms with van der Waals surface area (Å²) in [7, 11) is 0. The molecule has 2 N–H and O–H groups in total. The van der Waals surface area contributed by atoms with E-state index in [0.29, 0.717) is 30.3 Å². The predicted octanol–water partition coefficient (Wildman–Crippen LogP) is 2.48. The zero-order valence-electron chi connectivity index (χ0n) is 15.7. The summed E-state index contributed by atoms with van der Waals surface area (Å²) >= 11 is 0. The molecule has 0 aliphatic carbocycles. The summed E-state index contributed by atoms with van der Waals surface area (Å²) in [6.07, 6.45) is 7.18. The average Bonchev–Trinajstić information content (AvgIpc) is 3.22. The maximum atomic E-state index is 12.8. The van der Waals surface area contributed by atoms with Crippen molar-refractivity contribution in [1.29, 1.82) is 0 Å². The molecule has 8 nitrogen and oxygen atoms in total. The second kappa shape index (κ2) is 8.05. The van der Waals surface area contributed by atoms with E-state index >= 15 is 0 Å². The van der Waals surface area contributed by atoms with E-state index in [1.807, 2.05) is 6.07 Å². The molecular formula is C21H20N6O2. The van der Waals surface area contributed by atoms with E-state index in [1.54, 1.807) is 47.8 Å². The van der Waals surface area contributed by atoms with Crippen molar-refractivity contribution >= 4 is 34.4 Å². The standard InChI is InChI=1S/C21H20N6O2/c1-2-19(28)24-16-5-3-14(4-6-16)20(29)27-10-8-17(13-27)25-21-23-11-15-7-9-22-12-18(15)26-21/h2-7,9,11-12,17H,1,8,10,13H2,(H,24,28)(H,23,25,26)/t17-/m0/s1. The molecule has 29 heavy (non-hydrogen) atoms. The number of likely N-dealkylation sites (tertiary alicyclic amines) is 1. The van der Waals surface area contributed by atoms with Crippen LogP contribution in [0.3, 0.4) is 0 Å². The Morgan fingerprint density at radius 2 is 2.00 bits per heavy atom. The molecular weight excluding hydrogens is 368 g/mol. The second-order valence-electron chi connectivity index (χ2n) is 6.78. The zero-order valence-corrected chi connectivity index (χ0v) is 15.7. The van der Waals surface area contributed by atoms with Gasteiger partial charge in [-0.15, -0.1) is 0 Å². The fraction of sp³-hybridized carbons (Fsp3) is 0.190. The number of aromatic nitrogens is 3. The monoisotopic (exact) mass is 388 g/mol. The van der Waals surface area contributed by atoms with Crippen molar-refractivity contribution in [3.63, 3.8) is 0 Å². The fourth-order valence-corrected chi connectivity index (χ4v) is 3.26. The molecule has 0 saturated carbocycles.